The third-order valence-corrected chi connectivity index (χ3v) is 6.16. The van der Waals surface area contributed by atoms with E-state index in [1.165, 1.54) is 0 Å². The van der Waals surface area contributed by atoms with E-state index in [9.17, 15) is 0 Å². The highest BCUT2D eigenvalue weighted by atomic mass is 16.5. The third kappa shape index (κ3) is 5.48. The first-order valence-electron chi connectivity index (χ1n) is 11.6. The number of rotatable bonds is 9. The van der Waals surface area contributed by atoms with E-state index in [4.69, 9.17) is 20.9 Å². The first-order chi connectivity index (χ1) is 16.6. The molecule has 0 radical (unpaired) electrons. The van der Waals surface area contributed by atoms with Crippen LogP contribution in [0.3, 0.4) is 0 Å². The molecule has 4 N–H and O–H groups in total. The quantitative estimate of drug-likeness (QED) is 0.324. The van der Waals surface area contributed by atoms with Crippen LogP contribution in [0.5, 0.6) is 11.5 Å². The lowest BCUT2D eigenvalue weighted by Crippen LogP contribution is -2.01. The molecule has 4 aromatic carbocycles. The van der Waals surface area contributed by atoms with Crippen LogP contribution in [0.15, 0.2) is 84.9 Å². The summed E-state index contributed by atoms with van der Waals surface area (Å²) in [6.07, 6.45) is 0. The molecule has 0 unspecified atom stereocenters. The van der Waals surface area contributed by atoms with Crippen LogP contribution >= 0.6 is 0 Å². The predicted octanol–water partition coefficient (Wildman–Crippen LogP) is 6.05. The van der Waals surface area contributed by atoms with Crippen molar-refractivity contribution in [3.8, 4) is 22.6 Å². The van der Waals surface area contributed by atoms with E-state index < -0.39 is 0 Å². The molecule has 4 nitrogen and oxygen atoms in total. The molecule has 34 heavy (non-hydrogen) atoms. The maximum atomic E-state index is 6.18. The number of ether oxygens (including phenoxy) is 2. The molecular formula is C30H32N2O2. The highest BCUT2D eigenvalue weighted by Crippen LogP contribution is 2.35. The molecule has 4 heteroatoms. The monoisotopic (exact) mass is 452 g/mol. The van der Waals surface area contributed by atoms with Crippen LogP contribution in [0.2, 0.25) is 0 Å². The Morgan fingerprint density at radius 3 is 1.21 bits per heavy atom. The van der Waals surface area contributed by atoms with Gasteiger partial charge in [-0.1, -0.05) is 72.8 Å². The van der Waals surface area contributed by atoms with E-state index in [2.05, 4.69) is 50.2 Å². The van der Waals surface area contributed by atoms with Gasteiger partial charge >= 0.3 is 0 Å². The number of hydrogen-bond donors (Lipinski definition) is 2. The number of hydrogen-bond acceptors (Lipinski definition) is 4. The zero-order valence-electron chi connectivity index (χ0n) is 19.9. The van der Waals surface area contributed by atoms with Gasteiger partial charge in [0.2, 0.25) is 0 Å². The summed E-state index contributed by atoms with van der Waals surface area (Å²) in [5.41, 5.74) is 20.4. The normalized spacial score (nSPS) is 10.8. The third-order valence-electron chi connectivity index (χ3n) is 6.16. The topological polar surface area (TPSA) is 70.5 Å². The van der Waals surface area contributed by atoms with Crippen LogP contribution < -0.4 is 20.9 Å². The molecular weight excluding hydrogens is 420 g/mol. The van der Waals surface area contributed by atoms with Crippen molar-refractivity contribution in [3.05, 3.63) is 118 Å². The van der Waals surface area contributed by atoms with Gasteiger partial charge in [0.25, 0.3) is 0 Å². The van der Waals surface area contributed by atoms with Crippen molar-refractivity contribution in [2.24, 2.45) is 11.5 Å². The van der Waals surface area contributed by atoms with Crippen molar-refractivity contribution in [2.75, 3.05) is 0 Å². The lowest BCUT2D eigenvalue weighted by molar-refractivity contribution is 0.303. The van der Waals surface area contributed by atoms with Gasteiger partial charge < -0.3 is 20.9 Å². The van der Waals surface area contributed by atoms with E-state index in [1.54, 1.807) is 0 Å². The second kappa shape index (κ2) is 11.0. The van der Waals surface area contributed by atoms with Gasteiger partial charge in [-0.15, -0.1) is 0 Å². The molecule has 0 atom stereocenters. The van der Waals surface area contributed by atoms with E-state index >= 15 is 0 Å². The molecule has 174 valence electrons. The van der Waals surface area contributed by atoms with Crippen LogP contribution in [0.4, 0.5) is 0 Å². The summed E-state index contributed by atoms with van der Waals surface area (Å²) in [5, 5.41) is 0. The van der Waals surface area contributed by atoms with Crippen molar-refractivity contribution in [2.45, 2.75) is 40.2 Å². The Hall–Kier alpha value is -3.60. The van der Waals surface area contributed by atoms with Gasteiger partial charge in [-0.2, -0.15) is 0 Å². The van der Waals surface area contributed by atoms with E-state index in [0.717, 1.165) is 56.0 Å². The van der Waals surface area contributed by atoms with Crippen molar-refractivity contribution in [1.82, 2.24) is 0 Å². The highest BCUT2D eigenvalue weighted by molar-refractivity contribution is 5.74. The van der Waals surface area contributed by atoms with Crippen LogP contribution in [0.1, 0.15) is 33.4 Å². The van der Waals surface area contributed by atoms with Crippen molar-refractivity contribution >= 4 is 0 Å². The molecule has 0 aromatic heterocycles. The molecule has 0 aliphatic rings. The highest BCUT2D eigenvalue weighted by Gasteiger charge is 2.13. The largest absolute Gasteiger partial charge is 0.489 e. The Labute approximate surface area is 202 Å². The van der Waals surface area contributed by atoms with Gasteiger partial charge in [-0.25, -0.2) is 0 Å². The average molecular weight is 453 g/mol. The van der Waals surface area contributed by atoms with Crippen molar-refractivity contribution in [3.63, 3.8) is 0 Å². The standard InChI is InChI=1S/C30H32N2O2/c1-21-27(5-3-7-29(21)33-19-25-13-9-23(17-31)10-14-25)28-6-4-8-30(22(28)2)34-20-26-15-11-24(18-32)12-16-26/h3-16H,17-20,31-32H2,1-2H3. The second-order valence-corrected chi connectivity index (χ2v) is 8.48. The average Bonchev–Trinajstić information content (AvgIpc) is 2.88. The molecule has 0 aliphatic carbocycles. The van der Waals surface area contributed by atoms with Crippen molar-refractivity contribution < 1.29 is 9.47 Å². The molecule has 4 rings (SSSR count). The molecule has 4 aromatic rings. The van der Waals surface area contributed by atoms with Crippen LogP contribution in [0.25, 0.3) is 11.1 Å². The first-order valence-corrected chi connectivity index (χ1v) is 11.6. The summed E-state index contributed by atoms with van der Waals surface area (Å²) >= 11 is 0. The minimum Gasteiger partial charge on any atom is -0.489 e. The Bertz CT molecular complexity index is 1130. The predicted molar refractivity (Wildman–Crippen MR) is 139 cm³/mol. The van der Waals surface area contributed by atoms with Gasteiger partial charge in [0.15, 0.2) is 0 Å². The molecule has 0 bridgehead atoms. The van der Waals surface area contributed by atoms with E-state index in [1.807, 2.05) is 48.5 Å². The fraction of sp³-hybridized carbons (Fsp3) is 0.200. The Kier molecular flexibility index (Phi) is 7.63. The Morgan fingerprint density at radius 1 is 0.500 bits per heavy atom. The molecule has 0 fully saturated rings. The van der Waals surface area contributed by atoms with Gasteiger partial charge in [0.05, 0.1) is 0 Å². The lowest BCUT2D eigenvalue weighted by Gasteiger charge is -2.17. The van der Waals surface area contributed by atoms with E-state index in [0.29, 0.717) is 26.3 Å². The van der Waals surface area contributed by atoms with Crippen LogP contribution in [-0.4, -0.2) is 0 Å². The molecule has 0 saturated heterocycles. The molecule has 0 saturated carbocycles. The van der Waals surface area contributed by atoms with Gasteiger partial charge in [0, 0.05) is 13.1 Å². The van der Waals surface area contributed by atoms with Gasteiger partial charge in [-0.3, -0.25) is 0 Å². The molecule has 0 heterocycles. The van der Waals surface area contributed by atoms with Crippen LogP contribution in [0, 0.1) is 13.8 Å². The minimum absolute atomic E-state index is 0.514. The zero-order valence-corrected chi connectivity index (χ0v) is 19.9. The summed E-state index contributed by atoms with van der Waals surface area (Å²) in [6, 6.07) is 28.8. The lowest BCUT2D eigenvalue weighted by atomic mass is 9.95. The zero-order chi connectivity index (χ0) is 23.9. The minimum atomic E-state index is 0.514. The maximum absolute atomic E-state index is 6.18. The molecule has 0 amide bonds. The Balaban J connectivity index is 1.50. The summed E-state index contributed by atoms with van der Waals surface area (Å²) < 4.78 is 12.4. The summed E-state index contributed by atoms with van der Waals surface area (Å²) in [5.74, 6) is 1.76. The van der Waals surface area contributed by atoms with Crippen LogP contribution in [-0.2, 0) is 26.3 Å². The van der Waals surface area contributed by atoms with Gasteiger partial charge in [-0.05, 0) is 70.5 Å². The van der Waals surface area contributed by atoms with Crippen molar-refractivity contribution in [1.29, 1.82) is 0 Å². The SMILES string of the molecule is Cc1c(OCc2ccc(CN)cc2)cccc1-c1cccc(OCc2ccc(CN)cc2)c1C. The fourth-order valence-corrected chi connectivity index (χ4v) is 3.99. The first kappa shape index (κ1) is 23.6. The maximum Gasteiger partial charge on any atom is 0.123 e. The number of benzene rings is 4. The van der Waals surface area contributed by atoms with E-state index in [-0.39, 0.29) is 0 Å². The van der Waals surface area contributed by atoms with Gasteiger partial charge in [0.1, 0.15) is 24.7 Å². The smallest absolute Gasteiger partial charge is 0.123 e. The molecule has 0 spiro atoms. The Morgan fingerprint density at radius 2 is 0.853 bits per heavy atom. The summed E-state index contributed by atoms with van der Waals surface area (Å²) in [7, 11) is 0. The summed E-state index contributed by atoms with van der Waals surface area (Å²) in [6.45, 7) is 6.33. The second-order valence-electron chi connectivity index (χ2n) is 8.48. The number of nitrogens with two attached hydrogens (primary N) is 2. The molecule has 0 aliphatic heterocycles. The fourth-order valence-electron chi connectivity index (χ4n) is 3.99. The summed E-state index contributed by atoms with van der Waals surface area (Å²) in [4.78, 5) is 0.